The van der Waals surface area contributed by atoms with E-state index in [2.05, 4.69) is 44.5 Å². The second kappa shape index (κ2) is 5.48. The number of hydrazine groups is 1. The molecule has 3 aromatic rings. The van der Waals surface area contributed by atoms with E-state index in [1.807, 2.05) is 10.6 Å². The number of hydrogen-bond donors (Lipinski definition) is 3. The number of nitrogens with zero attached hydrogens (tertiary/aromatic N) is 3. The van der Waals surface area contributed by atoms with Crippen molar-refractivity contribution in [1.82, 2.24) is 14.4 Å². The van der Waals surface area contributed by atoms with Crippen LogP contribution in [-0.2, 0) is 6.42 Å². The van der Waals surface area contributed by atoms with E-state index in [9.17, 15) is 0 Å². The first-order valence-electron chi connectivity index (χ1n) is 6.34. The number of imidazole rings is 1. The van der Waals surface area contributed by atoms with E-state index < -0.39 is 0 Å². The number of nitrogens with two attached hydrogens (primary N) is 1. The molecule has 0 aliphatic carbocycles. The SMILES string of the molecule is CC(Cc1ccsc1)Nc1nc(NN)cn2ccnc12. The van der Waals surface area contributed by atoms with Gasteiger partial charge in [0.2, 0.25) is 0 Å². The van der Waals surface area contributed by atoms with Gasteiger partial charge in [0, 0.05) is 18.4 Å². The van der Waals surface area contributed by atoms with Crippen molar-refractivity contribution in [2.24, 2.45) is 5.84 Å². The Balaban J connectivity index is 1.84. The third-order valence-electron chi connectivity index (χ3n) is 3.03. The van der Waals surface area contributed by atoms with Crippen LogP contribution >= 0.6 is 11.3 Å². The Morgan fingerprint density at radius 2 is 2.40 bits per heavy atom. The Kier molecular flexibility index (Phi) is 3.53. The quantitative estimate of drug-likeness (QED) is 0.495. The molecule has 3 aromatic heterocycles. The van der Waals surface area contributed by atoms with E-state index >= 15 is 0 Å². The van der Waals surface area contributed by atoms with Crippen molar-refractivity contribution in [3.8, 4) is 0 Å². The van der Waals surface area contributed by atoms with Crippen LogP contribution in [0.15, 0.2) is 35.4 Å². The summed E-state index contributed by atoms with van der Waals surface area (Å²) in [6, 6.07) is 2.39. The summed E-state index contributed by atoms with van der Waals surface area (Å²) in [4.78, 5) is 8.75. The van der Waals surface area contributed by atoms with Crippen molar-refractivity contribution in [1.29, 1.82) is 0 Å². The van der Waals surface area contributed by atoms with E-state index in [0.29, 0.717) is 5.82 Å². The van der Waals surface area contributed by atoms with E-state index in [-0.39, 0.29) is 6.04 Å². The molecule has 6 nitrogen and oxygen atoms in total. The summed E-state index contributed by atoms with van der Waals surface area (Å²) in [5.41, 5.74) is 4.68. The number of thiophene rings is 1. The monoisotopic (exact) mass is 288 g/mol. The average Bonchev–Trinajstić information content (AvgIpc) is 3.09. The zero-order chi connectivity index (χ0) is 13.9. The highest BCUT2D eigenvalue weighted by molar-refractivity contribution is 7.07. The number of aromatic nitrogens is 3. The van der Waals surface area contributed by atoms with Crippen molar-refractivity contribution < 1.29 is 0 Å². The summed E-state index contributed by atoms with van der Waals surface area (Å²) in [5, 5.41) is 7.65. The molecule has 0 saturated heterocycles. The maximum atomic E-state index is 5.45. The van der Waals surface area contributed by atoms with Gasteiger partial charge in [0.1, 0.15) is 0 Å². The Morgan fingerprint density at radius 1 is 1.50 bits per heavy atom. The predicted molar refractivity (Wildman–Crippen MR) is 81.9 cm³/mol. The van der Waals surface area contributed by atoms with Gasteiger partial charge < -0.3 is 15.1 Å². The third-order valence-corrected chi connectivity index (χ3v) is 3.76. The topological polar surface area (TPSA) is 80.3 Å². The lowest BCUT2D eigenvalue weighted by atomic mass is 10.1. The Bertz CT molecular complexity index is 690. The highest BCUT2D eigenvalue weighted by Gasteiger charge is 2.10. The normalized spacial score (nSPS) is 12.5. The molecule has 3 heterocycles. The van der Waals surface area contributed by atoms with Crippen molar-refractivity contribution in [2.75, 3.05) is 10.7 Å². The lowest BCUT2D eigenvalue weighted by Gasteiger charge is -2.15. The minimum Gasteiger partial charge on any atom is -0.364 e. The van der Waals surface area contributed by atoms with Gasteiger partial charge in [-0.1, -0.05) is 0 Å². The van der Waals surface area contributed by atoms with Gasteiger partial charge >= 0.3 is 0 Å². The molecule has 0 bridgehead atoms. The summed E-state index contributed by atoms with van der Waals surface area (Å²) in [5.74, 6) is 6.77. The van der Waals surface area contributed by atoms with Gasteiger partial charge in [0.05, 0.1) is 6.20 Å². The van der Waals surface area contributed by atoms with Crippen molar-refractivity contribution >= 4 is 28.6 Å². The molecule has 1 atom stereocenters. The fourth-order valence-corrected chi connectivity index (χ4v) is 2.83. The van der Waals surface area contributed by atoms with Gasteiger partial charge in [-0.3, -0.25) is 0 Å². The predicted octanol–water partition coefficient (Wildman–Crippen LogP) is 2.12. The minimum absolute atomic E-state index is 0.255. The molecule has 0 spiro atoms. The largest absolute Gasteiger partial charge is 0.364 e. The molecule has 0 fully saturated rings. The van der Waals surface area contributed by atoms with Crippen LogP contribution in [0.5, 0.6) is 0 Å². The zero-order valence-electron chi connectivity index (χ0n) is 11.1. The van der Waals surface area contributed by atoms with Gasteiger partial charge in [-0.2, -0.15) is 11.3 Å². The summed E-state index contributed by atoms with van der Waals surface area (Å²) in [7, 11) is 0. The lowest BCUT2D eigenvalue weighted by Crippen LogP contribution is -2.20. The van der Waals surface area contributed by atoms with Gasteiger partial charge in [-0.25, -0.2) is 15.8 Å². The van der Waals surface area contributed by atoms with Crippen molar-refractivity contribution in [3.63, 3.8) is 0 Å². The molecule has 0 aliphatic rings. The molecular weight excluding hydrogens is 272 g/mol. The van der Waals surface area contributed by atoms with E-state index in [4.69, 9.17) is 5.84 Å². The second-order valence-electron chi connectivity index (χ2n) is 4.66. The standard InChI is InChI=1S/C13H16N6S/c1-9(6-10-2-5-20-8-10)16-12-13-15-3-4-19(13)7-11(17-12)18-14/h2-5,7-9,18H,6,14H2,1H3,(H,16,17). The summed E-state index contributed by atoms with van der Waals surface area (Å²) in [6.45, 7) is 2.13. The summed E-state index contributed by atoms with van der Waals surface area (Å²) in [6.07, 6.45) is 6.36. The van der Waals surface area contributed by atoms with Crippen LogP contribution in [-0.4, -0.2) is 20.4 Å². The van der Waals surface area contributed by atoms with Crippen LogP contribution in [0.3, 0.4) is 0 Å². The fraction of sp³-hybridized carbons (Fsp3) is 0.231. The molecule has 0 amide bonds. The maximum Gasteiger partial charge on any atom is 0.180 e. The third kappa shape index (κ3) is 2.59. The van der Waals surface area contributed by atoms with Crippen molar-refractivity contribution in [2.45, 2.75) is 19.4 Å². The first-order valence-corrected chi connectivity index (χ1v) is 7.28. The summed E-state index contributed by atoms with van der Waals surface area (Å²) >= 11 is 1.71. The molecule has 3 rings (SSSR count). The van der Waals surface area contributed by atoms with Gasteiger partial charge in [-0.15, -0.1) is 0 Å². The molecular formula is C13H16N6S. The van der Waals surface area contributed by atoms with Gasteiger partial charge in [-0.05, 0) is 35.7 Å². The molecule has 104 valence electrons. The molecule has 0 saturated carbocycles. The first-order chi connectivity index (χ1) is 9.76. The zero-order valence-corrected chi connectivity index (χ0v) is 11.9. The number of nitrogens with one attached hydrogen (secondary N) is 2. The lowest BCUT2D eigenvalue weighted by molar-refractivity contribution is 0.786. The van der Waals surface area contributed by atoms with E-state index in [0.717, 1.165) is 17.9 Å². The second-order valence-corrected chi connectivity index (χ2v) is 5.44. The van der Waals surface area contributed by atoms with Crippen LogP contribution in [0.2, 0.25) is 0 Å². The van der Waals surface area contributed by atoms with Crippen molar-refractivity contribution in [3.05, 3.63) is 41.0 Å². The molecule has 0 aliphatic heterocycles. The van der Waals surface area contributed by atoms with E-state index in [1.54, 1.807) is 23.7 Å². The number of nitrogen functional groups attached to an aromatic ring is 1. The highest BCUT2D eigenvalue weighted by Crippen LogP contribution is 2.18. The molecule has 20 heavy (non-hydrogen) atoms. The molecule has 1 unspecified atom stereocenters. The smallest absolute Gasteiger partial charge is 0.180 e. The molecule has 0 radical (unpaired) electrons. The number of hydrogen-bond acceptors (Lipinski definition) is 6. The van der Waals surface area contributed by atoms with Gasteiger partial charge in [0.15, 0.2) is 17.3 Å². The fourth-order valence-electron chi connectivity index (χ4n) is 2.14. The maximum absolute atomic E-state index is 5.45. The van der Waals surface area contributed by atoms with Crippen LogP contribution in [0, 0.1) is 0 Å². The number of fused-ring (bicyclic) bond motifs is 1. The number of rotatable bonds is 5. The molecule has 4 N–H and O–H groups in total. The van der Waals surface area contributed by atoms with Crippen LogP contribution < -0.4 is 16.6 Å². The highest BCUT2D eigenvalue weighted by atomic mass is 32.1. The first kappa shape index (κ1) is 12.9. The van der Waals surface area contributed by atoms with Crippen LogP contribution in [0.1, 0.15) is 12.5 Å². The van der Waals surface area contributed by atoms with Gasteiger partial charge in [0.25, 0.3) is 0 Å². The average molecular weight is 288 g/mol. The number of anilines is 2. The van der Waals surface area contributed by atoms with Crippen LogP contribution in [0.4, 0.5) is 11.6 Å². The Hall–Kier alpha value is -2.12. The minimum atomic E-state index is 0.255. The van der Waals surface area contributed by atoms with Crippen LogP contribution in [0.25, 0.3) is 5.65 Å². The Morgan fingerprint density at radius 3 is 3.15 bits per heavy atom. The van der Waals surface area contributed by atoms with E-state index in [1.165, 1.54) is 5.56 Å². The molecule has 7 heteroatoms. The summed E-state index contributed by atoms with van der Waals surface area (Å²) < 4.78 is 1.89. The molecule has 0 aromatic carbocycles. The Labute approximate surface area is 120 Å².